The van der Waals surface area contributed by atoms with Crippen molar-refractivity contribution in [2.24, 2.45) is 5.73 Å². The average molecular weight is 187 g/mol. The molecule has 0 aliphatic heterocycles. The molecule has 1 rings (SSSR count). The van der Waals surface area contributed by atoms with Crippen molar-refractivity contribution in [2.75, 3.05) is 6.54 Å². The lowest BCUT2D eigenvalue weighted by molar-refractivity contribution is 0.219. The molecule has 0 saturated heterocycles. The number of ether oxygens (including phenoxy) is 1. The zero-order valence-corrected chi connectivity index (χ0v) is 7.26. The second-order valence-electron chi connectivity index (χ2n) is 2.74. The molecule has 2 N–H and O–H groups in total. The molecule has 1 atom stereocenters. The third kappa shape index (κ3) is 2.66. The highest BCUT2D eigenvalue weighted by molar-refractivity contribution is 5.24. The Bertz CT molecular complexity index is 291. The Hall–Kier alpha value is -1.16. The maximum atomic E-state index is 12.9. The van der Waals surface area contributed by atoms with Crippen molar-refractivity contribution in [1.29, 1.82) is 0 Å². The zero-order chi connectivity index (χ0) is 9.84. The molecule has 0 spiro atoms. The molecule has 0 bridgehead atoms. The number of halogens is 2. The first-order valence-electron chi connectivity index (χ1n) is 3.95. The minimum absolute atomic E-state index is 0.0272. The topological polar surface area (TPSA) is 35.2 Å². The van der Waals surface area contributed by atoms with Gasteiger partial charge in [0.05, 0.1) is 0 Å². The highest BCUT2D eigenvalue weighted by Crippen LogP contribution is 2.18. The summed E-state index contributed by atoms with van der Waals surface area (Å²) in [6, 6.07) is 3.16. The summed E-state index contributed by atoms with van der Waals surface area (Å²) in [5.74, 6) is -1.30. The Labute approximate surface area is 75.3 Å². The predicted octanol–water partition coefficient (Wildman–Crippen LogP) is 1.69. The van der Waals surface area contributed by atoms with Crippen molar-refractivity contribution in [1.82, 2.24) is 0 Å². The van der Waals surface area contributed by atoms with Crippen LogP contribution in [0, 0.1) is 11.6 Å². The number of nitrogens with two attached hydrogens (primary N) is 1. The first-order valence-corrected chi connectivity index (χ1v) is 3.95. The summed E-state index contributed by atoms with van der Waals surface area (Å²) in [6.45, 7) is 2.00. The summed E-state index contributed by atoms with van der Waals surface area (Å²) in [7, 11) is 0. The molecule has 0 fully saturated rings. The molecule has 0 heterocycles. The Kier molecular flexibility index (Phi) is 3.19. The summed E-state index contributed by atoms with van der Waals surface area (Å²) < 4.78 is 30.5. The Morgan fingerprint density at radius 2 is 2.15 bits per heavy atom. The van der Waals surface area contributed by atoms with Crippen LogP contribution in [0.5, 0.6) is 5.75 Å². The summed E-state index contributed by atoms with van der Waals surface area (Å²) in [5, 5.41) is 0. The van der Waals surface area contributed by atoms with Crippen LogP contribution in [0.15, 0.2) is 18.2 Å². The van der Waals surface area contributed by atoms with Gasteiger partial charge in [0.2, 0.25) is 0 Å². The van der Waals surface area contributed by atoms with Crippen molar-refractivity contribution >= 4 is 0 Å². The maximum Gasteiger partial charge on any atom is 0.167 e. The average Bonchev–Trinajstić information content (AvgIpc) is 2.09. The van der Waals surface area contributed by atoms with Crippen LogP contribution in [-0.4, -0.2) is 12.6 Å². The lowest BCUT2D eigenvalue weighted by atomic mass is 10.3. The van der Waals surface area contributed by atoms with Crippen LogP contribution >= 0.6 is 0 Å². The number of benzene rings is 1. The highest BCUT2D eigenvalue weighted by atomic mass is 19.1. The third-order valence-electron chi connectivity index (χ3n) is 1.55. The molecular weight excluding hydrogens is 176 g/mol. The van der Waals surface area contributed by atoms with Gasteiger partial charge in [0.25, 0.3) is 0 Å². The molecule has 4 heteroatoms. The minimum atomic E-state index is -0.708. The number of hydrogen-bond acceptors (Lipinski definition) is 2. The first-order chi connectivity index (χ1) is 6.13. The molecule has 0 aliphatic carbocycles. The monoisotopic (exact) mass is 187 g/mol. The van der Waals surface area contributed by atoms with Crippen molar-refractivity contribution < 1.29 is 13.5 Å². The molecule has 1 aromatic rings. The van der Waals surface area contributed by atoms with Crippen LogP contribution in [0.2, 0.25) is 0 Å². The van der Waals surface area contributed by atoms with E-state index < -0.39 is 11.6 Å². The van der Waals surface area contributed by atoms with Gasteiger partial charge in [0.15, 0.2) is 11.6 Å². The summed E-state index contributed by atoms with van der Waals surface area (Å²) in [4.78, 5) is 0. The van der Waals surface area contributed by atoms with E-state index in [4.69, 9.17) is 10.5 Å². The number of hydrogen-bond donors (Lipinski definition) is 1. The van der Waals surface area contributed by atoms with Gasteiger partial charge in [-0.3, -0.25) is 0 Å². The van der Waals surface area contributed by atoms with Crippen LogP contribution in [0.3, 0.4) is 0 Å². The maximum absolute atomic E-state index is 12.9. The van der Waals surface area contributed by atoms with Gasteiger partial charge < -0.3 is 10.5 Å². The first kappa shape index (κ1) is 9.92. The van der Waals surface area contributed by atoms with Crippen molar-refractivity contribution in [2.45, 2.75) is 13.0 Å². The lowest BCUT2D eigenvalue weighted by Gasteiger charge is -2.12. The van der Waals surface area contributed by atoms with E-state index >= 15 is 0 Å². The molecule has 2 nitrogen and oxygen atoms in total. The molecule has 13 heavy (non-hydrogen) atoms. The largest absolute Gasteiger partial charge is 0.486 e. The van der Waals surface area contributed by atoms with Gasteiger partial charge in [-0.2, -0.15) is 0 Å². The summed E-state index contributed by atoms with van der Waals surface area (Å²) in [6.07, 6.45) is -0.278. The fourth-order valence-corrected chi connectivity index (χ4v) is 0.836. The Morgan fingerprint density at radius 3 is 2.69 bits per heavy atom. The molecule has 0 radical (unpaired) electrons. The predicted molar refractivity (Wildman–Crippen MR) is 45.5 cm³/mol. The van der Waals surface area contributed by atoms with Crippen LogP contribution in [0.4, 0.5) is 8.78 Å². The van der Waals surface area contributed by atoms with Gasteiger partial charge in [-0.1, -0.05) is 0 Å². The van der Waals surface area contributed by atoms with Crippen molar-refractivity contribution in [3.8, 4) is 5.75 Å². The molecular formula is C9H11F2NO. The van der Waals surface area contributed by atoms with Crippen LogP contribution in [-0.2, 0) is 0 Å². The molecule has 0 amide bonds. The van der Waals surface area contributed by atoms with Crippen molar-refractivity contribution in [3.05, 3.63) is 29.8 Å². The van der Waals surface area contributed by atoms with Crippen LogP contribution in [0.1, 0.15) is 6.92 Å². The molecule has 1 aromatic carbocycles. The van der Waals surface area contributed by atoms with E-state index in [1.165, 1.54) is 6.07 Å². The van der Waals surface area contributed by atoms with E-state index in [0.717, 1.165) is 12.1 Å². The summed E-state index contributed by atoms with van der Waals surface area (Å²) >= 11 is 0. The second kappa shape index (κ2) is 4.18. The Morgan fingerprint density at radius 1 is 1.46 bits per heavy atom. The molecule has 0 saturated carbocycles. The van der Waals surface area contributed by atoms with Gasteiger partial charge in [-0.15, -0.1) is 0 Å². The van der Waals surface area contributed by atoms with E-state index in [1.807, 2.05) is 0 Å². The number of rotatable bonds is 3. The van der Waals surface area contributed by atoms with Gasteiger partial charge in [-0.25, -0.2) is 8.78 Å². The van der Waals surface area contributed by atoms with Gasteiger partial charge in [0.1, 0.15) is 11.9 Å². The SMILES string of the molecule is C[C@@H](CN)Oc1ccc(F)cc1F. The fourth-order valence-electron chi connectivity index (χ4n) is 0.836. The van der Waals surface area contributed by atoms with Gasteiger partial charge in [-0.05, 0) is 19.1 Å². The standard InChI is InChI=1S/C9H11F2NO/c1-6(5-12)13-9-3-2-7(10)4-8(9)11/h2-4,6H,5,12H2,1H3/t6-/m0/s1. The highest BCUT2D eigenvalue weighted by Gasteiger charge is 2.07. The smallest absolute Gasteiger partial charge is 0.167 e. The molecule has 0 aliphatic rings. The van der Waals surface area contributed by atoms with E-state index in [2.05, 4.69) is 0 Å². The quantitative estimate of drug-likeness (QED) is 0.781. The summed E-state index contributed by atoms with van der Waals surface area (Å²) in [5.41, 5.74) is 5.28. The normalized spacial score (nSPS) is 12.6. The minimum Gasteiger partial charge on any atom is -0.486 e. The van der Waals surface area contributed by atoms with E-state index in [0.29, 0.717) is 0 Å². The third-order valence-corrected chi connectivity index (χ3v) is 1.55. The van der Waals surface area contributed by atoms with E-state index in [9.17, 15) is 8.78 Å². The van der Waals surface area contributed by atoms with Gasteiger partial charge in [0, 0.05) is 12.6 Å². The molecule has 0 unspecified atom stereocenters. The zero-order valence-electron chi connectivity index (χ0n) is 7.26. The van der Waals surface area contributed by atoms with Crippen LogP contribution < -0.4 is 10.5 Å². The molecule has 72 valence electrons. The van der Waals surface area contributed by atoms with Crippen LogP contribution in [0.25, 0.3) is 0 Å². The molecule has 0 aromatic heterocycles. The Balaban J connectivity index is 2.77. The van der Waals surface area contributed by atoms with E-state index in [1.54, 1.807) is 6.92 Å². The van der Waals surface area contributed by atoms with Crippen molar-refractivity contribution in [3.63, 3.8) is 0 Å². The van der Waals surface area contributed by atoms with Gasteiger partial charge >= 0.3 is 0 Å². The lowest BCUT2D eigenvalue weighted by Crippen LogP contribution is -2.23. The fraction of sp³-hybridized carbons (Fsp3) is 0.333. The second-order valence-corrected chi connectivity index (χ2v) is 2.74. The van der Waals surface area contributed by atoms with E-state index in [-0.39, 0.29) is 18.4 Å².